The number of aromatic nitrogens is 1. The number of benzene rings is 1. The second-order valence-corrected chi connectivity index (χ2v) is 6.46. The van der Waals surface area contributed by atoms with Crippen LogP contribution in [-0.4, -0.2) is 66.1 Å². The van der Waals surface area contributed by atoms with Crippen LogP contribution in [0.25, 0.3) is 0 Å². The Hall–Kier alpha value is -3.09. The van der Waals surface area contributed by atoms with Crippen LogP contribution in [0, 0.1) is 0 Å². The topological polar surface area (TPSA) is 66.0 Å². The van der Waals surface area contributed by atoms with E-state index in [1.165, 1.54) is 0 Å². The van der Waals surface area contributed by atoms with Gasteiger partial charge in [0.2, 0.25) is 0 Å². The molecule has 0 saturated carbocycles. The van der Waals surface area contributed by atoms with Crippen molar-refractivity contribution in [1.29, 1.82) is 0 Å². The molecular weight excluding hydrogens is 356 g/mol. The van der Waals surface area contributed by atoms with E-state index in [2.05, 4.69) is 16.8 Å². The summed E-state index contributed by atoms with van der Waals surface area (Å²) in [6.45, 7) is 6.86. The molecule has 0 aliphatic carbocycles. The number of rotatable bonds is 5. The van der Waals surface area contributed by atoms with Crippen LogP contribution in [0.5, 0.6) is 0 Å². The van der Waals surface area contributed by atoms with Gasteiger partial charge in [0.05, 0.1) is 6.61 Å². The summed E-state index contributed by atoms with van der Waals surface area (Å²) < 4.78 is 5.02. The zero-order valence-corrected chi connectivity index (χ0v) is 16.4. The Balaban J connectivity index is 1.70. The van der Waals surface area contributed by atoms with Crippen molar-refractivity contribution in [1.82, 2.24) is 14.8 Å². The fourth-order valence-electron chi connectivity index (χ4n) is 3.30. The van der Waals surface area contributed by atoms with Crippen molar-refractivity contribution in [2.75, 3.05) is 44.2 Å². The smallest absolute Gasteiger partial charge is 0.409 e. The zero-order valence-electron chi connectivity index (χ0n) is 16.4. The van der Waals surface area contributed by atoms with Gasteiger partial charge in [-0.05, 0) is 38.1 Å². The lowest BCUT2D eigenvalue weighted by Crippen LogP contribution is -2.50. The highest BCUT2D eigenvalue weighted by molar-refractivity contribution is 5.93. The molecule has 7 heteroatoms. The molecule has 1 saturated heterocycles. The van der Waals surface area contributed by atoms with Gasteiger partial charge in [-0.25, -0.2) is 4.79 Å². The molecular formula is C21H26N4O3. The molecule has 0 radical (unpaired) electrons. The molecule has 1 aliphatic rings. The van der Waals surface area contributed by atoms with Crippen LogP contribution >= 0.6 is 0 Å². The molecule has 1 aromatic carbocycles. The predicted octanol–water partition coefficient (Wildman–Crippen LogP) is 3.15. The minimum Gasteiger partial charge on any atom is -0.450 e. The Labute approximate surface area is 165 Å². The van der Waals surface area contributed by atoms with Gasteiger partial charge in [0.15, 0.2) is 0 Å². The van der Waals surface area contributed by atoms with E-state index < -0.39 is 0 Å². The number of hydrogen-bond donors (Lipinski definition) is 0. The average Bonchev–Trinajstić information content (AvgIpc) is 2.75. The highest BCUT2D eigenvalue weighted by atomic mass is 16.6. The lowest BCUT2D eigenvalue weighted by Gasteiger charge is -2.34. The number of nitrogens with zero attached hydrogens (tertiary/aromatic N) is 4. The fraction of sp³-hybridized carbons (Fsp3) is 0.381. The molecule has 2 aromatic rings. The Morgan fingerprint density at radius 1 is 1.00 bits per heavy atom. The number of anilines is 2. The number of pyridine rings is 1. The first kappa shape index (κ1) is 19.7. The normalized spacial score (nSPS) is 13.9. The molecule has 0 unspecified atom stereocenters. The van der Waals surface area contributed by atoms with Gasteiger partial charge in [-0.3, -0.25) is 9.78 Å². The maximum Gasteiger partial charge on any atom is 0.409 e. The molecule has 1 aliphatic heterocycles. The SMILES string of the molecule is CCOC(=O)N1CCN(C(=O)c2cc(N(CC)c3ccccc3)ccn2)CC1. The molecule has 148 valence electrons. The van der Waals surface area contributed by atoms with Gasteiger partial charge in [0.1, 0.15) is 5.69 Å². The minimum atomic E-state index is -0.323. The first-order chi connectivity index (χ1) is 13.6. The van der Waals surface area contributed by atoms with Crippen molar-refractivity contribution in [3.8, 4) is 0 Å². The van der Waals surface area contributed by atoms with Crippen LogP contribution in [0.4, 0.5) is 16.2 Å². The molecule has 0 spiro atoms. The summed E-state index contributed by atoms with van der Waals surface area (Å²) in [5.41, 5.74) is 2.41. The fourth-order valence-corrected chi connectivity index (χ4v) is 3.30. The number of carbonyl (C=O) groups is 2. The van der Waals surface area contributed by atoms with E-state index in [9.17, 15) is 9.59 Å². The lowest BCUT2D eigenvalue weighted by atomic mass is 10.2. The highest BCUT2D eigenvalue weighted by Crippen LogP contribution is 2.25. The molecule has 28 heavy (non-hydrogen) atoms. The maximum absolute atomic E-state index is 12.9. The molecule has 0 N–H and O–H groups in total. The number of carbonyl (C=O) groups excluding carboxylic acids is 2. The monoisotopic (exact) mass is 382 g/mol. The second-order valence-electron chi connectivity index (χ2n) is 6.46. The summed E-state index contributed by atoms with van der Waals surface area (Å²) in [4.78, 5) is 34.5. The minimum absolute atomic E-state index is 0.116. The van der Waals surface area contributed by atoms with Gasteiger partial charge < -0.3 is 19.4 Å². The molecule has 2 amide bonds. The van der Waals surface area contributed by atoms with Crippen LogP contribution in [-0.2, 0) is 4.74 Å². The van der Waals surface area contributed by atoms with Crippen molar-refractivity contribution < 1.29 is 14.3 Å². The summed E-state index contributed by atoms with van der Waals surface area (Å²) in [5.74, 6) is -0.116. The highest BCUT2D eigenvalue weighted by Gasteiger charge is 2.26. The first-order valence-electron chi connectivity index (χ1n) is 9.63. The second kappa shape index (κ2) is 9.21. The Kier molecular flexibility index (Phi) is 6.47. The first-order valence-corrected chi connectivity index (χ1v) is 9.63. The standard InChI is InChI=1S/C21H26N4O3/c1-3-25(17-8-6-5-7-9-17)18-10-11-22-19(16-18)20(26)23-12-14-24(15-13-23)21(27)28-4-2/h5-11,16H,3-4,12-15H2,1-2H3. The lowest BCUT2D eigenvalue weighted by molar-refractivity contribution is 0.0566. The van der Waals surface area contributed by atoms with Crippen molar-refractivity contribution >= 4 is 23.4 Å². The van der Waals surface area contributed by atoms with Gasteiger partial charge in [0, 0.05) is 50.3 Å². The number of para-hydroxylation sites is 1. The molecule has 1 aromatic heterocycles. The quantitative estimate of drug-likeness (QED) is 0.795. The van der Waals surface area contributed by atoms with Crippen molar-refractivity contribution in [3.05, 3.63) is 54.4 Å². The Morgan fingerprint density at radius 3 is 2.32 bits per heavy atom. The summed E-state index contributed by atoms with van der Waals surface area (Å²) in [6.07, 6.45) is 1.35. The van der Waals surface area contributed by atoms with Crippen molar-refractivity contribution in [3.63, 3.8) is 0 Å². The predicted molar refractivity (Wildman–Crippen MR) is 108 cm³/mol. The van der Waals surface area contributed by atoms with Crippen molar-refractivity contribution in [2.24, 2.45) is 0 Å². The van der Waals surface area contributed by atoms with Gasteiger partial charge in [0.25, 0.3) is 5.91 Å². The summed E-state index contributed by atoms with van der Waals surface area (Å²) in [6, 6.07) is 13.8. The molecule has 3 rings (SSSR count). The number of ether oxygens (including phenoxy) is 1. The van der Waals surface area contributed by atoms with E-state index >= 15 is 0 Å². The summed E-state index contributed by atoms with van der Waals surface area (Å²) >= 11 is 0. The van der Waals surface area contributed by atoms with E-state index in [1.807, 2.05) is 42.5 Å². The molecule has 1 fully saturated rings. The van der Waals surface area contributed by atoms with Gasteiger partial charge in [-0.15, -0.1) is 0 Å². The maximum atomic E-state index is 12.9. The van der Waals surface area contributed by atoms with Crippen molar-refractivity contribution in [2.45, 2.75) is 13.8 Å². The van der Waals surface area contributed by atoms with Gasteiger partial charge in [-0.2, -0.15) is 0 Å². The van der Waals surface area contributed by atoms with Crippen LogP contribution in [0.3, 0.4) is 0 Å². The summed E-state index contributed by atoms with van der Waals surface area (Å²) in [7, 11) is 0. The van der Waals surface area contributed by atoms with E-state index in [0.29, 0.717) is 38.5 Å². The Bertz CT molecular complexity index is 804. The largest absolute Gasteiger partial charge is 0.450 e. The van der Waals surface area contributed by atoms with Crippen LogP contribution < -0.4 is 4.90 Å². The third-order valence-corrected chi connectivity index (χ3v) is 4.75. The van der Waals surface area contributed by atoms with Gasteiger partial charge >= 0.3 is 6.09 Å². The molecule has 2 heterocycles. The zero-order chi connectivity index (χ0) is 19.9. The third-order valence-electron chi connectivity index (χ3n) is 4.75. The van der Waals surface area contributed by atoms with Gasteiger partial charge in [-0.1, -0.05) is 18.2 Å². The number of amides is 2. The molecule has 0 atom stereocenters. The van der Waals surface area contributed by atoms with Crippen LogP contribution in [0.1, 0.15) is 24.3 Å². The Morgan fingerprint density at radius 2 is 1.68 bits per heavy atom. The van der Waals surface area contributed by atoms with E-state index in [0.717, 1.165) is 17.9 Å². The summed E-state index contributed by atoms with van der Waals surface area (Å²) in [5, 5.41) is 0. The number of hydrogen-bond acceptors (Lipinski definition) is 5. The van der Waals surface area contributed by atoms with E-state index in [-0.39, 0.29) is 12.0 Å². The molecule has 0 bridgehead atoms. The molecule has 7 nitrogen and oxygen atoms in total. The average molecular weight is 382 g/mol. The van der Waals surface area contributed by atoms with E-state index in [1.54, 1.807) is 22.9 Å². The van der Waals surface area contributed by atoms with Crippen LogP contribution in [0.15, 0.2) is 48.7 Å². The van der Waals surface area contributed by atoms with E-state index in [4.69, 9.17) is 4.74 Å². The third kappa shape index (κ3) is 4.42. The van der Waals surface area contributed by atoms with Crippen LogP contribution in [0.2, 0.25) is 0 Å². The number of piperazine rings is 1.